The van der Waals surface area contributed by atoms with E-state index in [1.54, 1.807) is 0 Å². The third-order valence-corrected chi connectivity index (χ3v) is 4.09. The third-order valence-electron chi connectivity index (χ3n) is 3.89. The second kappa shape index (κ2) is 8.17. The monoisotopic (exact) mass is 388 g/mol. The van der Waals surface area contributed by atoms with Gasteiger partial charge < -0.3 is 14.5 Å². The van der Waals surface area contributed by atoms with Gasteiger partial charge in [-0.1, -0.05) is 0 Å². The second-order valence-corrected chi connectivity index (χ2v) is 6.55. The number of carbonyl (C=O) groups excluding carboxylic acids is 1. The number of benzene rings is 1. The van der Waals surface area contributed by atoms with Crippen molar-refractivity contribution in [3.8, 4) is 11.5 Å². The molecule has 9 heteroatoms. The summed E-state index contributed by atoms with van der Waals surface area (Å²) < 4.78 is 11.6. The summed E-state index contributed by atoms with van der Waals surface area (Å²) in [7, 11) is 0. The molecule has 0 saturated heterocycles. The number of nitrogens with zero attached hydrogens (tertiary/aromatic N) is 1. The smallest absolute Gasteiger partial charge is 0.251 e. The molecule has 1 aromatic carbocycles. The SMILES string of the molecule is CCOc1cc2c(cc1/C=N\NC(=O)Cc1cc(=O)[nH]c(=S)[nH]1)O[C@H](C)C2. The molecule has 3 rings (SSSR count). The van der Waals surface area contributed by atoms with E-state index in [1.165, 1.54) is 12.3 Å². The number of carbonyl (C=O) groups is 1. The van der Waals surface area contributed by atoms with Gasteiger partial charge in [0.25, 0.3) is 5.56 Å². The lowest BCUT2D eigenvalue weighted by atomic mass is 10.1. The Morgan fingerprint density at radius 3 is 3.00 bits per heavy atom. The van der Waals surface area contributed by atoms with Gasteiger partial charge in [-0.25, -0.2) is 5.43 Å². The molecule has 1 aromatic heterocycles. The molecule has 2 aromatic rings. The Kier molecular flexibility index (Phi) is 5.70. The van der Waals surface area contributed by atoms with Crippen LogP contribution >= 0.6 is 12.2 Å². The van der Waals surface area contributed by atoms with Gasteiger partial charge in [0.15, 0.2) is 4.77 Å². The number of hydrogen-bond acceptors (Lipinski definition) is 6. The standard InChI is InChI=1S/C18H20N4O4S/c1-3-25-14-5-11-4-10(2)26-15(11)6-12(14)9-19-22-17(24)8-13-7-16(23)21-18(27)20-13/h5-7,9-10H,3-4,8H2,1-2H3,(H,22,24)(H2,20,21,23,27)/b19-9-/t10-/m1/s1. The molecule has 142 valence electrons. The van der Waals surface area contributed by atoms with E-state index in [2.05, 4.69) is 20.5 Å². The lowest BCUT2D eigenvalue weighted by molar-refractivity contribution is -0.120. The molecule has 2 heterocycles. The fourth-order valence-electron chi connectivity index (χ4n) is 2.84. The molecule has 0 fully saturated rings. The topological polar surface area (TPSA) is 109 Å². The number of amides is 1. The molecule has 3 N–H and O–H groups in total. The van der Waals surface area contributed by atoms with Crippen molar-refractivity contribution in [1.29, 1.82) is 0 Å². The van der Waals surface area contributed by atoms with Crippen LogP contribution in [0.15, 0.2) is 28.1 Å². The minimum absolute atomic E-state index is 0.0476. The van der Waals surface area contributed by atoms with Gasteiger partial charge in [-0.05, 0) is 38.2 Å². The normalized spacial score (nSPS) is 15.4. The summed E-state index contributed by atoms with van der Waals surface area (Å²) in [5.41, 5.74) is 4.28. The average Bonchev–Trinajstić information content (AvgIpc) is 2.93. The molecular formula is C18H20N4O4S. The predicted octanol–water partition coefficient (Wildman–Crippen LogP) is 1.85. The van der Waals surface area contributed by atoms with Gasteiger partial charge in [0.1, 0.15) is 17.6 Å². The summed E-state index contributed by atoms with van der Waals surface area (Å²) in [6, 6.07) is 5.08. The molecule has 1 aliphatic heterocycles. The maximum atomic E-state index is 12.0. The highest BCUT2D eigenvalue weighted by molar-refractivity contribution is 7.71. The molecule has 0 saturated carbocycles. The lowest BCUT2D eigenvalue weighted by Crippen LogP contribution is -2.21. The van der Waals surface area contributed by atoms with Crippen LogP contribution in [0.5, 0.6) is 11.5 Å². The van der Waals surface area contributed by atoms with Gasteiger partial charge in [-0.2, -0.15) is 5.10 Å². The first kappa shape index (κ1) is 18.8. The highest BCUT2D eigenvalue weighted by Crippen LogP contribution is 2.34. The maximum absolute atomic E-state index is 12.0. The number of rotatable bonds is 6. The lowest BCUT2D eigenvalue weighted by Gasteiger charge is -2.09. The number of aromatic nitrogens is 2. The Labute approximate surface area is 160 Å². The van der Waals surface area contributed by atoms with Crippen LogP contribution in [0.2, 0.25) is 0 Å². The molecule has 0 unspecified atom stereocenters. The average molecular weight is 388 g/mol. The van der Waals surface area contributed by atoms with Crippen molar-refractivity contribution in [2.45, 2.75) is 32.8 Å². The minimum Gasteiger partial charge on any atom is -0.493 e. The van der Waals surface area contributed by atoms with Crippen molar-refractivity contribution >= 4 is 24.3 Å². The first-order valence-corrected chi connectivity index (χ1v) is 8.96. The zero-order chi connectivity index (χ0) is 19.4. The number of hydrogen-bond donors (Lipinski definition) is 3. The predicted molar refractivity (Wildman–Crippen MR) is 103 cm³/mol. The van der Waals surface area contributed by atoms with Gasteiger partial charge in [-0.15, -0.1) is 0 Å². The van der Waals surface area contributed by atoms with Crippen LogP contribution in [0.3, 0.4) is 0 Å². The van der Waals surface area contributed by atoms with Crippen molar-refractivity contribution in [1.82, 2.24) is 15.4 Å². The molecule has 0 spiro atoms. The Morgan fingerprint density at radius 1 is 1.44 bits per heavy atom. The van der Waals surface area contributed by atoms with Crippen molar-refractivity contribution in [3.63, 3.8) is 0 Å². The molecule has 1 atom stereocenters. The zero-order valence-corrected chi connectivity index (χ0v) is 15.8. The number of nitrogens with one attached hydrogen (secondary N) is 3. The van der Waals surface area contributed by atoms with Gasteiger partial charge in [0.05, 0.1) is 19.2 Å². The molecule has 8 nitrogen and oxygen atoms in total. The van der Waals surface area contributed by atoms with E-state index < -0.39 is 0 Å². The van der Waals surface area contributed by atoms with Crippen molar-refractivity contribution in [2.24, 2.45) is 5.10 Å². The van der Waals surface area contributed by atoms with Gasteiger partial charge in [0.2, 0.25) is 5.91 Å². The van der Waals surface area contributed by atoms with E-state index in [-0.39, 0.29) is 28.8 Å². The molecule has 0 aliphatic carbocycles. The van der Waals surface area contributed by atoms with Crippen LogP contribution in [0, 0.1) is 4.77 Å². The van der Waals surface area contributed by atoms with Gasteiger partial charge in [-0.3, -0.25) is 14.6 Å². The van der Waals surface area contributed by atoms with Crippen LogP contribution in [-0.4, -0.2) is 34.8 Å². The summed E-state index contributed by atoms with van der Waals surface area (Å²) in [4.78, 5) is 28.6. The summed E-state index contributed by atoms with van der Waals surface area (Å²) in [6.45, 7) is 4.43. The highest BCUT2D eigenvalue weighted by atomic mass is 32.1. The molecule has 0 radical (unpaired) electrons. The Balaban J connectivity index is 1.70. The molecule has 0 bridgehead atoms. The molecular weight excluding hydrogens is 368 g/mol. The number of ether oxygens (including phenoxy) is 2. The quantitative estimate of drug-likeness (QED) is 0.398. The molecule has 1 amide bonds. The van der Waals surface area contributed by atoms with Crippen LogP contribution in [0.25, 0.3) is 0 Å². The van der Waals surface area contributed by atoms with Gasteiger partial charge >= 0.3 is 0 Å². The first-order valence-electron chi connectivity index (χ1n) is 8.55. The molecule has 27 heavy (non-hydrogen) atoms. The van der Waals surface area contributed by atoms with E-state index in [1.807, 2.05) is 26.0 Å². The third kappa shape index (κ3) is 4.82. The van der Waals surface area contributed by atoms with E-state index in [4.69, 9.17) is 21.7 Å². The summed E-state index contributed by atoms with van der Waals surface area (Å²) >= 11 is 4.88. The van der Waals surface area contributed by atoms with Crippen LogP contribution < -0.4 is 20.5 Å². The van der Waals surface area contributed by atoms with Crippen LogP contribution in [-0.2, 0) is 17.6 Å². The summed E-state index contributed by atoms with van der Waals surface area (Å²) in [5.74, 6) is 1.10. The van der Waals surface area contributed by atoms with Crippen LogP contribution in [0.1, 0.15) is 30.7 Å². The minimum atomic E-state index is -0.383. The Bertz CT molecular complexity index is 967. The largest absolute Gasteiger partial charge is 0.493 e. The van der Waals surface area contributed by atoms with E-state index >= 15 is 0 Å². The van der Waals surface area contributed by atoms with E-state index in [0.29, 0.717) is 23.6 Å². The van der Waals surface area contributed by atoms with Crippen molar-refractivity contribution in [2.75, 3.05) is 6.61 Å². The fraction of sp³-hybridized carbons (Fsp3) is 0.333. The fourth-order valence-corrected chi connectivity index (χ4v) is 3.07. The number of H-pyrrole nitrogens is 2. The highest BCUT2D eigenvalue weighted by Gasteiger charge is 2.21. The van der Waals surface area contributed by atoms with E-state index in [0.717, 1.165) is 17.7 Å². The second-order valence-electron chi connectivity index (χ2n) is 6.15. The Hall–Kier alpha value is -2.94. The first-order chi connectivity index (χ1) is 12.9. The van der Waals surface area contributed by atoms with Crippen molar-refractivity contribution < 1.29 is 14.3 Å². The van der Waals surface area contributed by atoms with E-state index in [9.17, 15) is 9.59 Å². The van der Waals surface area contributed by atoms with Gasteiger partial charge in [0, 0.05) is 29.3 Å². The number of fused-ring (bicyclic) bond motifs is 1. The summed E-state index contributed by atoms with van der Waals surface area (Å²) in [5, 5.41) is 3.98. The summed E-state index contributed by atoms with van der Waals surface area (Å²) in [6.07, 6.45) is 2.42. The maximum Gasteiger partial charge on any atom is 0.251 e. The Morgan fingerprint density at radius 2 is 2.26 bits per heavy atom. The van der Waals surface area contributed by atoms with Crippen LogP contribution in [0.4, 0.5) is 0 Å². The number of aromatic amines is 2. The van der Waals surface area contributed by atoms with Crippen molar-refractivity contribution in [3.05, 3.63) is 50.1 Å². The zero-order valence-electron chi connectivity index (χ0n) is 15.0. The molecule has 1 aliphatic rings. The number of hydrazone groups is 1.